The molecule has 0 bridgehead atoms. The number of hydrogen-bond acceptors (Lipinski definition) is 1. The molecule has 3 nitrogen and oxygen atoms in total. The second-order valence-electron chi connectivity index (χ2n) is 0.589. The predicted molar refractivity (Wildman–Crippen MR) is 19.2 cm³/mol. The van der Waals surface area contributed by atoms with E-state index < -0.39 is 5.25 Å². The van der Waals surface area contributed by atoms with Crippen LogP contribution < -0.4 is 0 Å². The fourth-order valence-electron chi connectivity index (χ4n) is 0. The summed E-state index contributed by atoms with van der Waals surface area (Å²) in [6.45, 7) is 0. The molecule has 5 heteroatoms. The molecule has 0 unspecified atom stereocenters. The summed E-state index contributed by atoms with van der Waals surface area (Å²) in [7, 11) is 0. The summed E-state index contributed by atoms with van der Waals surface area (Å²) in [5.74, 6) is 0. The van der Waals surface area contributed by atoms with Crippen LogP contribution in [0.4, 0.5) is 0 Å². The van der Waals surface area contributed by atoms with Gasteiger partial charge in [-0.3, -0.25) is 0 Å². The monoisotopic (exact) mass is 202 g/mol. The third kappa shape index (κ3) is 47.8. The average Bonchev–Trinajstić information content (AvgIpc) is 0.722. The molecule has 0 saturated heterocycles. The van der Waals surface area contributed by atoms with E-state index in [1.54, 1.807) is 0 Å². The van der Waals surface area contributed by atoms with Crippen molar-refractivity contribution in [3.05, 3.63) is 0 Å². The first-order valence-corrected chi connectivity index (χ1v) is 6.94. The summed E-state index contributed by atoms with van der Waals surface area (Å²) >= 11 is 0.0308. The number of rotatable bonds is 0. The second-order valence-corrected chi connectivity index (χ2v) is 7.53. The predicted octanol–water partition coefficient (Wildman–Crippen LogP) is -1.02. The van der Waals surface area contributed by atoms with Gasteiger partial charge in [0.25, 0.3) is 0 Å². The van der Waals surface area contributed by atoms with Gasteiger partial charge >= 0.3 is 41.6 Å². The van der Waals surface area contributed by atoms with Gasteiger partial charge in [0, 0.05) is 0 Å². The van der Waals surface area contributed by atoms with Crippen molar-refractivity contribution in [3.8, 4) is 0 Å². The zero-order valence-corrected chi connectivity index (χ0v) is 6.52. The molecule has 0 aliphatic carbocycles. The third-order valence-electron chi connectivity index (χ3n) is 0. The maximum absolute atomic E-state index is 9.38. The molecule has 0 aliphatic heterocycles. The van der Waals surface area contributed by atoms with Gasteiger partial charge in [-0.15, -0.1) is 0 Å². The minimum atomic E-state index is -3.51. The first kappa shape index (κ1) is 5.95. The van der Waals surface area contributed by atoms with Gasteiger partial charge in [-0.05, 0) is 0 Å². The Balaban J connectivity index is 3.47. The molecule has 0 rings (SSSR count). The fourth-order valence-corrected chi connectivity index (χ4v) is 0. The van der Waals surface area contributed by atoms with E-state index >= 15 is 0 Å². The Labute approximate surface area is 42.0 Å². The van der Waals surface area contributed by atoms with Crippen LogP contribution in [0.15, 0.2) is 0 Å². The minimum absolute atomic E-state index is 0.0308. The van der Waals surface area contributed by atoms with Crippen molar-refractivity contribution in [2.45, 2.75) is 0 Å². The Bertz CT molecular complexity index is 53.0. The summed E-state index contributed by atoms with van der Waals surface area (Å²) in [6.07, 6.45) is 0. The van der Waals surface area contributed by atoms with E-state index in [0.717, 1.165) is 0 Å². The molecule has 0 aromatic carbocycles. The van der Waals surface area contributed by atoms with Crippen LogP contribution in [0.1, 0.15) is 0 Å². The van der Waals surface area contributed by atoms with Crippen molar-refractivity contribution in [3.63, 3.8) is 0 Å². The zero-order chi connectivity index (χ0) is 4.50. The van der Waals surface area contributed by atoms with E-state index in [4.69, 9.17) is 9.79 Å². The molecule has 0 saturated carbocycles. The molecule has 0 aliphatic rings. The van der Waals surface area contributed by atoms with Crippen molar-refractivity contribution >= 4 is 27.2 Å². The van der Waals surface area contributed by atoms with Crippen molar-refractivity contribution in [2.24, 2.45) is 0 Å². The fraction of sp³-hybridized carbons (Fsp3) is 0. The molecular weight excluding hydrogens is 198 g/mol. The van der Waals surface area contributed by atoms with E-state index in [2.05, 4.69) is 0 Å². The second kappa shape index (κ2) is 1.60. The third-order valence-corrected chi connectivity index (χ3v) is 0. The van der Waals surface area contributed by atoms with Crippen molar-refractivity contribution < 1.29 is 14.4 Å². The first-order chi connectivity index (χ1) is 2.00. The molecule has 0 fully saturated rings. The summed E-state index contributed by atoms with van der Waals surface area (Å²) in [5.41, 5.74) is 0. The van der Waals surface area contributed by atoms with Crippen LogP contribution in [0.3, 0.4) is 0 Å². The van der Waals surface area contributed by atoms with Crippen molar-refractivity contribution in [2.75, 3.05) is 0 Å². The quantitative estimate of drug-likeness (QED) is 0.389. The van der Waals surface area contributed by atoms with Gasteiger partial charge < -0.3 is 0 Å². The van der Waals surface area contributed by atoms with Crippen LogP contribution in [-0.4, -0.2) is 31.8 Å². The first-order valence-electron chi connectivity index (χ1n) is 0.841. The van der Waals surface area contributed by atoms with Crippen molar-refractivity contribution in [1.82, 2.24) is 0 Å². The molecule has 0 atom stereocenters. The van der Waals surface area contributed by atoms with Crippen molar-refractivity contribution in [1.29, 1.82) is 0 Å². The molecule has 0 heterocycles. The Morgan fingerprint density at radius 1 is 1.60 bits per heavy atom. The van der Waals surface area contributed by atoms with Crippen LogP contribution in [0.5, 0.6) is 0 Å². The van der Waals surface area contributed by atoms with Crippen LogP contribution in [0.2, 0.25) is 0 Å². The van der Waals surface area contributed by atoms with E-state index in [-0.39, 0.29) is 22.0 Å². The standard InChI is InChI=1S/HO3P.Sn.H/c1-4(2)3;;/h(H-,1,2,3);;/q;-1;/p+1. The zero-order valence-electron chi connectivity index (χ0n) is 2.33. The topological polar surface area (TPSA) is 57.5 Å². The molecule has 30 valence electrons. The summed E-state index contributed by atoms with van der Waals surface area (Å²) in [4.78, 5) is 15.4. The number of hydrogen-bond donors (Lipinski definition) is 2. The van der Waals surface area contributed by atoms with Gasteiger partial charge in [-0.1, -0.05) is 0 Å². The van der Waals surface area contributed by atoms with Gasteiger partial charge in [0.15, 0.2) is 0 Å². The average molecular weight is 201 g/mol. The molecule has 2 radical (unpaired) electrons. The Kier molecular flexibility index (Phi) is 1.90. The van der Waals surface area contributed by atoms with Gasteiger partial charge in [0.05, 0.1) is 0 Å². The van der Waals surface area contributed by atoms with Gasteiger partial charge in [-0.2, -0.15) is 0 Å². The van der Waals surface area contributed by atoms with E-state index in [1.165, 1.54) is 0 Å². The molecule has 0 amide bonds. The van der Waals surface area contributed by atoms with Crippen LogP contribution in [0.25, 0.3) is 0 Å². The van der Waals surface area contributed by atoms with E-state index in [9.17, 15) is 4.57 Å². The van der Waals surface area contributed by atoms with Crippen LogP contribution in [0, 0.1) is 0 Å². The van der Waals surface area contributed by atoms with E-state index in [1.807, 2.05) is 0 Å². The molecular formula is H3O3PSn. The molecule has 2 N–H and O–H groups in total. The van der Waals surface area contributed by atoms with Gasteiger partial charge in [0.1, 0.15) is 0 Å². The Morgan fingerprint density at radius 2 is 1.60 bits per heavy atom. The molecule has 0 spiro atoms. The molecule has 0 aromatic heterocycles. The van der Waals surface area contributed by atoms with Gasteiger partial charge in [0.2, 0.25) is 0 Å². The van der Waals surface area contributed by atoms with Crippen LogP contribution >= 0.6 is 5.25 Å². The summed E-state index contributed by atoms with van der Waals surface area (Å²) in [6, 6.07) is 0. The molecule has 5 heavy (non-hydrogen) atoms. The summed E-state index contributed by atoms with van der Waals surface area (Å²) < 4.78 is 9.38. The molecule has 0 aromatic rings. The Morgan fingerprint density at radius 3 is 1.60 bits per heavy atom. The van der Waals surface area contributed by atoms with Crippen LogP contribution in [-0.2, 0) is 4.57 Å². The normalized spacial score (nSPS) is 11.8. The van der Waals surface area contributed by atoms with E-state index in [0.29, 0.717) is 0 Å². The SMILES string of the molecule is O=[P](O)(O)[SnH]. The van der Waals surface area contributed by atoms with Gasteiger partial charge in [-0.25, -0.2) is 0 Å². The maximum atomic E-state index is 9.38. The summed E-state index contributed by atoms with van der Waals surface area (Å²) in [5, 5.41) is -3.51. The Hall–Kier alpha value is 0.949.